The number of hydrogen-bond donors (Lipinski definition) is 0. The van der Waals surface area contributed by atoms with E-state index in [4.69, 9.17) is 4.74 Å². The number of ether oxygens (including phenoxy) is 1. The topological polar surface area (TPSA) is 53.1 Å². The van der Waals surface area contributed by atoms with Gasteiger partial charge in [0, 0.05) is 37.6 Å². The molecule has 1 fully saturated rings. The molecular weight excluding hydrogens is 458 g/mol. The fraction of sp³-hybridized carbons (Fsp3) is 0.357. The number of carbonyl (C=O) groups is 2. The van der Waals surface area contributed by atoms with Crippen molar-refractivity contribution in [3.05, 3.63) is 87.6 Å². The van der Waals surface area contributed by atoms with E-state index in [9.17, 15) is 9.59 Å². The fourth-order valence-corrected chi connectivity index (χ4v) is 5.97. The van der Waals surface area contributed by atoms with Crippen LogP contribution in [-0.4, -0.2) is 72.4 Å². The summed E-state index contributed by atoms with van der Waals surface area (Å²) in [6, 6.07) is 19.9. The van der Waals surface area contributed by atoms with Crippen LogP contribution < -0.4 is 4.74 Å². The van der Waals surface area contributed by atoms with E-state index in [1.165, 1.54) is 10.4 Å². The molecule has 3 heterocycles. The number of piperazine rings is 1. The van der Waals surface area contributed by atoms with E-state index in [2.05, 4.69) is 28.5 Å². The lowest BCUT2D eigenvalue weighted by atomic mass is 9.93. The first kappa shape index (κ1) is 23.6. The van der Waals surface area contributed by atoms with Crippen LogP contribution in [0.4, 0.5) is 0 Å². The second-order valence-corrected chi connectivity index (χ2v) is 9.95. The highest BCUT2D eigenvalue weighted by molar-refractivity contribution is 7.10. The van der Waals surface area contributed by atoms with Crippen molar-refractivity contribution in [2.45, 2.75) is 19.4 Å². The van der Waals surface area contributed by atoms with Gasteiger partial charge < -0.3 is 14.5 Å². The van der Waals surface area contributed by atoms with Crippen molar-refractivity contribution >= 4 is 23.2 Å². The van der Waals surface area contributed by atoms with E-state index in [-0.39, 0.29) is 17.9 Å². The zero-order chi connectivity index (χ0) is 24.2. The van der Waals surface area contributed by atoms with Crippen LogP contribution in [0.15, 0.2) is 66.0 Å². The van der Waals surface area contributed by atoms with Crippen molar-refractivity contribution in [2.75, 3.05) is 45.9 Å². The minimum Gasteiger partial charge on any atom is -0.493 e. The van der Waals surface area contributed by atoms with E-state index in [0.717, 1.165) is 18.5 Å². The molecule has 0 aliphatic carbocycles. The second kappa shape index (κ2) is 10.6. The van der Waals surface area contributed by atoms with Crippen LogP contribution in [0.2, 0.25) is 0 Å². The molecule has 0 N–H and O–H groups in total. The summed E-state index contributed by atoms with van der Waals surface area (Å²) in [5.41, 5.74) is 3.01. The summed E-state index contributed by atoms with van der Waals surface area (Å²) in [5.74, 6) is 0.768. The Bertz CT molecular complexity index is 1170. The van der Waals surface area contributed by atoms with Gasteiger partial charge in [-0.3, -0.25) is 14.5 Å². The van der Waals surface area contributed by atoms with Crippen molar-refractivity contribution < 1.29 is 14.3 Å². The summed E-state index contributed by atoms with van der Waals surface area (Å²) < 4.78 is 5.65. The summed E-state index contributed by atoms with van der Waals surface area (Å²) in [6.07, 6.45) is 0.906. The Balaban J connectivity index is 1.23. The van der Waals surface area contributed by atoms with Crippen LogP contribution in [0.3, 0.4) is 0 Å². The third-order valence-electron chi connectivity index (χ3n) is 6.84. The lowest BCUT2D eigenvalue weighted by molar-refractivity contribution is -0.134. The first-order valence-corrected chi connectivity index (χ1v) is 13.2. The van der Waals surface area contributed by atoms with Crippen molar-refractivity contribution in [1.29, 1.82) is 0 Å². The van der Waals surface area contributed by atoms with Gasteiger partial charge in [0.15, 0.2) is 0 Å². The van der Waals surface area contributed by atoms with Gasteiger partial charge in [-0.05, 0) is 48.1 Å². The molecule has 2 aliphatic heterocycles. The van der Waals surface area contributed by atoms with Crippen LogP contribution in [0.5, 0.6) is 5.75 Å². The maximum atomic E-state index is 13.5. The lowest BCUT2D eigenvalue weighted by Gasteiger charge is -2.39. The smallest absolute Gasteiger partial charge is 0.257 e. The van der Waals surface area contributed by atoms with Crippen LogP contribution >= 0.6 is 11.3 Å². The first-order chi connectivity index (χ1) is 17.2. The van der Waals surface area contributed by atoms with Crippen molar-refractivity contribution in [1.82, 2.24) is 14.7 Å². The summed E-state index contributed by atoms with van der Waals surface area (Å²) in [5, 5.41) is 2.13. The van der Waals surface area contributed by atoms with Gasteiger partial charge >= 0.3 is 0 Å². The Morgan fingerprint density at radius 3 is 2.46 bits per heavy atom. The molecule has 1 aromatic heterocycles. The molecule has 7 heteroatoms. The third-order valence-corrected chi connectivity index (χ3v) is 7.83. The number of carbonyl (C=O) groups excluding carboxylic acids is 2. The monoisotopic (exact) mass is 489 g/mol. The molecule has 182 valence electrons. The quantitative estimate of drug-likeness (QED) is 0.524. The predicted octanol–water partition coefficient (Wildman–Crippen LogP) is 4.08. The maximum Gasteiger partial charge on any atom is 0.257 e. The number of nitrogens with zero attached hydrogens (tertiary/aromatic N) is 3. The van der Waals surface area contributed by atoms with E-state index < -0.39 is 0 Å². The van der Waals surface area contributed by atoms with Gasteiger partial charge in [0.05, 0.1) is 24.8 Å². The third kappa shape index (κ3) is 4.97. The predicted molar refractivity (Wildman–Crippen MR) is 138 cm³/mol. The Morgan fingerprint density at radius 1 is 0.943 bits per heavy atom. The second-order valence-electron chi connectivity index (χ2n) is 8.95. The molecule has 3 aromatic rings. The lowest BCUT2D eigenvalue weighted by Crippen LogP contribution is -2.52. The maximum absolute atomic E-state index is 13.5. The Kier molecular flexibility index (Phi) is 7.16. The summed E-state index contributed by atoms with van der Waals surface area (Å²) >= 11 is 1.78. The highest BCUT2D eigenvalue weighted by Crippen LogP contribution is 2.37. The molecular formula is C28H31N3O3S. The van der Waals surface area contributed by atoms with E-state index in [0.29, 0.717) is 50.6 Å². The molecule has 6 nitrogen and oxygen atoms in total. The zero-order valence-corrected chi connectivity index (χ0v) is 20.9. The highest BCUT2D eigenvalue weighted by atomic mass is 32.1. The summed E-state index contributed by atoms with van der Waals surface area (Å²) in [4.78, 5) is 34.1. The van der Waals surface area contributed by atoms with Crippen molar-refractivity contribution in [3.63, 3.8) is 0 Å². The van der Waals surface area contributed by atoms with Gasteiger partial charge in [-0.2, -0.15) is 0 Å². The van der Waals surface area contributed by atoms with Gasteiger partial charge in [0.2, 0.25) is 5.91 Å². The number of para-hydroxylation sites is 1. The van der Waals surface area contributed by atoms with Crippen LogP contribution in [-0.2, 0) is 11.2 Å². The van der Waals surface area contributed by atoms with Crippen LogP contribution in [0.1, 0.15) is 39.3 Å². The molecule has 35 heavy (non-hydrogen) atoms. The van der Waals surface area contributed by atoms with Gasteiger partial charge in [-0.25, -0.2) is 0 Å². The first-order valence-electron chi connectivity index (χ1n) is 12.3. The van der Waals surface area contributed by atoms with Gasteiger partial charge in [-0.1, -0.05) is 42.5 Å². The minimum absolute atomic E-state index is 0.00909. The number of rotatable bonds is 6. The Labute approximate surface area is 210 Å². The molecule has 0 spiro atoms. The molecule has 1 atom stereocenters. The normalized spacial score (nSPS) is 18.3. The SMILES string of the molecule is CCOc1ccccc1C(=O)N1CCN(CC(=O)N2CCc3sccc3C2c2ccccc2)CC1. The molecule has 2 amide bonds. The van der Waals surface area contributed by atoms with E-state index in [1.54, 1.807) is 11.3 Å². The zero-order valence-electron chi connectivity index (χ0n) is 20.1. The molecule has 1 saturated heterocycles. The molecule has 1 unspecified atom stereocenters. The van der Waals surface area contributed by atoms with Gasteiger partial charge in [0.25, 0.3) is 5.91 Å². The van der Waals surface area contributed by atoms with Crippen LogP contribution in [0.25, 0.3) is 0 Å². The number of hydrogen-bond acceptors (Lipinski definition) is 5. The average Bonchev–Trinajstić information content (AvgIpc) is 3.38. The minimum atomic E-state index is -0.0309. The number of benzene rings is 2. The number of thiophene rings is 1. The largest absolute Gasteiger partial charge is 0.493 e. The molecule has 0 saturated carbocycles. The molecule has 2 aliphatic rings. The molecule has 0 radical (unpaired) electrons. The van der Waals surface area contributed by atoms with E-state index in [1.807, 2.05) is 59.2 Å². The van der Waals surface area contributed by atoms with Crippen molar-refractivity contribution in [2.24, 2.45) is 0 Å². The standard InChI is InChI=1S/C28H31N3O3S/c1-2-34-24-11-7-6-10-22(24)28(33)30-17-15-29(16-18-30)20-26(32)31-14-12-25-23(13-19-35-25)27(31)21-8-4-3-5-9-21/h3-11,13,19,27H,2,12,14-18,20H2,1H3. The molecule has 5 rings (SSSR count). The average molecular weight is 490 g/mol. The van der Waals surface area contributed by atoms with E-state index >= 15 is 0 Å². The Hall–Kier alpha value is -3.16. The number of fused-ring (bicyclic) bond motifs is 1. The Morgan fingerprint density at radius 2 is 1.69 bits per heavy atom. The molecule has 0 bridgehead atoms. The highest BCUT2D eigenvalue weighted by Gasteiger charge is 2.34. The fourth-order valence-electron chi connectivity index (χ4n) is 5.07. The van der Waals surface area contributed by atoms with Gasteiger partial charge in [-0.15, -0.1) is 11.3 Å². The molecule has 2 aromatic carbocycles. The van der Waals surface area contributed by atoms with Crippen molar-refractivity contribution in [3.8, 4) is 5.75 Å². The van der Waals surface area contributed by atoms with Crippen LogP contribution in [0, 0.1) is 0 Å². The summed E-state index contributed by atoms with van der Waals surface area (Å²) in [7, 11) is 0. The summed E-state index contributed by atoms with van der Waals surface area (Å²) in [6.45, 7) is 6.11. The number of amides is 2. The van der Waals surface area contributed by atoms with Gasteiger partial charge in [0.1, 0.15) is 5.75 Å².